The number of imidazole rings is 1. The number of rotatable bonds is 5. The van der Waals surface area contributed by atoms with Crippen LogP contribution >= 0.6 is 0 Å². The molecule has 2 aromatic carbocycles. The van der Waals surface area contributed by atoms with Crippen LogP contribution in [0.25, 0.3) is 11.4 Å². The average molecular weight is 402 g/mol. The topological polar surface area (TPSA) is 38.1 Å². The van der Waals surface area contributed by atoms with E-state index in [9.17, 15) is 4.79 Å². The van der Waals surface area contributed by atoms with Gasteiger partial charge in [-0.15, -0.1) is 0 Å². The number of hydrogen-bond donors (Lipinski definition) is 0. The number of aryl methyl sites for hydroxylation is 2. The van der Waals surface area contributed by atoms with E-state index in [0.717, 1.165) is 60.6 Å². The summed E-state index contributed by atoms with van der Waals surface area (Å²) in [5.41, 5.74) is 6.14. The van der Waals surface area contributed by atoms with Gasteiger partial charge in [-0.1, -0.05) is 61.4 Å². The predicted octanol–water partition coefficient (Wildman–Crippen LogP) is 5.95. The van der Waals surface area contributed by atoms with Gasteiger partial charge in [0.15, 0.2) is 5.69 Å². The molecule has 0 radical (unpaired) electrons. The molecule has 4 nitrogen and oxygen atoms in total. The van der Waals surface area contributed by atoms with Gasteiger partial charge in [0.2, 0.25) is 0 Å². The lowest BCUT2D eigenvalue weighted by atomic mass is 10.1. The Hall–Kier alpha value is -2.88. The molecule has 0 atom stereocenters. The first kappa shape index (κ1) is 20.4. The Labute approximate surface area is 179 Å². The summed E-state index contributed by atoms with van der Waals surface area (Å²) in [5, 5.41) is 0. The number of hydrogen-bond acceptors (Lipinski definition) is 2. The fourth-order valence-electron chi connectivity index (χ4n) is 4.36. The van der Waals surface area contributed by atoms with E-state index in [2.05, 4.69) is 55.7 Å². The number of carbonyl (C=O) groups excluding carboxylic acids is 1. The number of carbonyl (C=O) groups is 1. The quantitative estimate of drug-likeness (QED) is 0.530. The average Bonchev–Trinajstić information content (AvgIpc) is 2.94. The van der Waals surface area contributed by atoms with Crippen molar-refractivity contribution >= 4 is 11.6 Å². The van der Waals surface area contributed by atoms with Crippen molar-refractivity contribution in [3.8, 4) is 11.4 Å². The van der Waals surface area contributed by atoms with E-state index in [1.807, 2.05) is 23.1 Å². The summed E-state index contributed by atoms with van der Waals surface area (Å²) in [6, 6.07) is 16.6. The van der Waals surface area contributed by atoms with Gasteiger partial charge in [-0.3, -0.25) is 4.79 Å². The van der Waals surface area contributed by atoms with Crippen LogP contribution in [0.5, 0.6) is 0 Å². The molecule has 0 saturated carbocycles. The highest BCUT2D eigenvalue weighted by Crippen LogP contribution is 2.30. The number of nitrogens with zero attached hydrogens (tertiary/aromatic N) is 3. The zero-order valence-electron chi connectivity index (χ0n) is 18.3. The minimum atomic E-state index is 0.0233. The first-order valence-electron chi connectivity index (χ1n) is 11.1. The Balaban J connectivity index is 1.82. The summed E-state index contributed by atoms with van der Waals surface area (Å²) in [6.07, 6.45) is 5.25. The van der Waals surface area contributed by atoms with Crippen LogP contribution in [0.4, 0.5) is 5.69 Å². The molecule has 4 heteroatoms. The standard InChI is InChI=1S/C26H31N3O/c1-4-17-29(22-11-8-7-10-20(22)3)26(30)24-23-12-6-5-9-18-28(23)25(27-24)21-15-13-19(2)14-16-21/h7-8,10-11,13-16H,4-6,9,12,17-18H2,1-3H3. The van der Waals surface area contributed by atoms with E-state index in [4.69, 9.17) is 4.98 Å². The fraction of sp³-hybridized carbons (Fsp3) is 0.385. The third kappa shape index (κ3) is 3.91. The lowest BCUT2D eigenvalue weighted by Crippen LogP contribution is -2.33. The number of para-hydroxylation sites is 1. The van der Waals surface area contributed by atoms with E-state index in [-0.39, 0.29) is 5.91 Å². The van der Waals surface area contributed by atoms with Gasteiger partial charge in [0.1, 0.15) is 5.82 Å². The number of amides is 1. The van der Waals surface area contributed by atoms with E-state index < -0.39 is 0 Å². The van der Waals surface area contributed by atoms with Crippen molar-refractivity contribution in [1.29, 1.82) is 0 Å². The van der Waals surface area contributed by atoms with Crippen LogP contribution in [0.3, 0.4) is 0 Å². The Bertz CT molecular complexity index is 1030. The second-order valence-corrected chi connectivity index (χ2v) is 8.30. The van der Waals surface area contributed by atoms with E-state index in [1.165, 1.54) is 12.0 Å². The molecule has 0 N–H and O–H groups in total. The molecular weight excluding hydrogens is 370 g/mol. The zero-order valence-corrected chi connectivity index (χ0v) is 18.3. The van der Waals surface area contributed by atoms with Crippen molar-refractivity contribution in [2.24, 2.45) is 0 Å². The molecule has 3 aromatic rings. The maximum absolute atomic E-state index is 13.8. The lowest BCUT2D eigenvalue weighted by molar-refractivity contribution is 0.0981. The molecule has 1 aromatic heterocycles. The van der Waals surface area contributed by atoms with Crippen molar-refractivity contribution in [2.45, 2.75) is 59.4 Å². The van der Waals surface area contributed by atoms with Crippen LogP contribution in [0.15, 0.2) is 48.5 Å². The predicted molar refractivity (Wildman–Crippen MR) is 123 cm³/mol. The number of fused-ring (bicyclic) bond motifs is 1. The van der Waals surface area contributed by atoms with Crippen LogP contribution in [0.1, 0.15) is 59.9 Å². The Morgan fingerprint density at radius 1 is 1.03 bits per heavy atom. The summed E-state index contributed by atoms with van der Waals surface area (Å²) >= 11 is 0. The molecule has 0 fully saturated rings. The van der Waals surface area contributed by atoms with Crippen molar-refractivity contribution in [1.82, 2.24) is 9.55 Å². The highest BCUT2D eigenvalue weighted by molar-refractivity contribution is 6.06. The molecular formula is C26H31N3O. The van der Waals surface area contributed by atoms with Crippen LogP contribution < -0.4 is 4.90 Å². The van der Waals surface area contributed by atoms with Crippen LogP contribution in [-0.2, 0) is 13.0 Å². The second kappa shape index (κ2) is 8.86. The molecule has 30 heavy (non-hydrogen) atoms. The maximum atomic E-state index is 13.8. The highest BCUT2D eigenvalue weighted by Gasteiger charge is 2.28. The smallest absolute Gasteiger partial charge is 0.278 e. The maximum Gasteiger partial charge on any atom is 0.278 e. The van der Waals surface area contributed by atoms with Crippen molar-refractivity contribution in [2.75, 3.05) is 11.4 Å². The molecule has 1 aliphatic rings. The molecule has 0 unspecified atom stereocenters. The van der Waals surface area contributed by atoms with Crippen LogP contribution in [0.2, 0.25) is 0 Å². The van der Waals surface area contributed by atoms with Crippen LogP contribution in [-0.4, -0.2) is 22.0 Å². The molecule has 2 heterocycles. The summed E-state index contributed by atoms with van der Waals surface area (Å²) in [7, 11) is 0. The van der Waals surface area contributed by atoms with Gasteiger partial charge >= 0.3 is 0 Å². The largest absolute Gasteiger partial charge is 0.327 e. The third-order valence-corrected chi connectivity index (χ3v) is 5.98. The molecule has 0 saturated heterocycles. The monoisotopic (exact) mass is 401 g/mol. The fourth-order valence-corrected chi connectivity index (χ4v) is 4.36. The van der Waals surface area contributed by atoms with Gasteiger partial charge in [-0.25, -0.2) is 4.98 Å². The normalized spacial score (nSPS) is 13.6. The van der Waals surface area contributed by atoms with Gasteiger partial charge in [-0.2, -0.15) is 0 Å². The van der Waals surface area contributed by atoms with Gasteiger partial charge in [0.25, 0.3) is 5.91 Å². The van der Waals surface area contributed by atoms with Crippen LogP contribution in [0, 0.1) is 13.8 Å². The molecule has 0 bridgehead atoms. The molecule has 4 rings (SSSR count). The second-order valence-electron chi connectivity index (χ2n) is 8.30. The highest BCUT2D eigenvalue weighted by atomic mass is 16.2. The minimum Gasteiger partial charge on any atom is -0.327 e. The minimum absolute atomic E-state index is 0.0233. The van der Waals surface area contributed by atoms with Crippen molar-refractivity contribution in [3.63, 3.8) is 0 Å². The number of aromatic nitrogens is 2. The Kier molecular flexibility index (Phi) is 6.03. The molecule has 1 amide bonds. The summed E-state index contributed by atoms with van der Waals surface area (Å²) in [5.74, 6) is 0.951. The van der Waals surface area contributed by atoms with Gasteiger partial charge in [0, 0.05) is 24.3 Å². The third-order valence-electron chi connectivity index (χ3n) is 5.98. The van der Waals surface area contributed by atoms with E-state index in [1.54, 1.807) is 0 Å². The zero-order chi connectivity index (χ0) is 21.1. The van der Waals surface area contributed by atoms with Gasteiger partial charge in [-0.05, 0) is 51.2 Å². The van der Waals surface area contributed by atoms with E-state index in [0.29, 0.717) is 12.2 Å². The molecule has 156 valence electrons. The first-order chi connectivity index (χ1) is 14.6. The van der Waals surface area contributed by atoms with Gasteiger partial charge in [0.05, 0.1) is 5.69 Å². The first-order valence-corrected chi connectivity index (χ1v) is 11.1. The lowest BCUT2D eigenvalue weighted by Gasteiger charge is -2.24. The Morgan fingerprint density at radius 3 is 2.53 bits per heavy atom. The Morgan fingerprint density at radius 2 is 1.80 bits per heavy atom. The molecule has 0 aliphatic carbocycles. The summed E-state index contributed by atoms with van der Waals surface area (Å²) < 4.78 is 2.30. The van der Waals surface area contributed by atoms with Gasteiger partial charge < -0.3 is 9.47 Å². The molecule has 0 spiro atoms. The SMILES string of the molecule is CCCN(C(=O)c1nc(-c2ccc(C)cc2)n2c1CCCCC2)c1ccccc1C. The molecule has 1 aliphatic heterocycles. The van der Waals surface area contributed by atoms with Crippen molar-refractivity contribution < 1.29 is 4.79 Å². The number of anilines is 1. The van der Waals surface area contributed by atoms with E-state index >= 15 is 0 Å². The summed E-state index contributed by atoms with van der Waals surface area (Å²) in [6.45, 7) is 7.89. The van der Waals surface area contributed by atoms with Crippen molar-refractivity contribution in [3.05, 3.63) is 71.0 Å². The number of benzene rings is 2. The summed E-state index contributed by atoms with van der Waals surface area (Å²) in [4.78, 5) is 20.7.